The van der Waals surface area contributed by atoms with Crippen LogP contribution in [0.3, 0.4) is 0 Å². The molecule has 4 heteroatoms. The molecule has 3 nitrogen and oxygen atoms in total. The molecule has 0 N–H and O–H groups in total. The highest BCUT2D eigenvalue weighted by atomic mass is 28.3. The van der Waals surface area contributed by atoms with Crippen molar-refractivity contribution in [2.24, 2.45) is 0 Å². The van der Waals surface area contributed by atoms with Crippen LogP contribution in [-0.2, 0) is 0 Å². The van der Waals surface area contributed by atoms with Gasteiger partial charge in [0.15, 0.2) is 8.07 Å². The maximum atomic E-state index is 10.7. The molecule has 0 fully saturated rings. The second kappa shape index (κ2) is 12.0. The maximum absolute atomic E-state index is 10.7. The zero-order chi connectivity index (χ0) is 32.5. The number of nitrogens with zero attached hydrogens (tertiary/aromatic N) is 3. The first-order valence-electron chi connectivity index (χ1n) is 16.0. The van der Waals surface area contributed by atoms with Crippen LogP contribution < -0.4 is 20.7 Å². The number of aromatic nitrogens is 1. The highest BCUT2D eigenvalue weighted by Crippen LogP contribution is 2.34. The zero-order valence-corrected chi connectivity index (χ0v) is 27.1. The minimum atomic E-state index is -2.98. The maximum Gasteiger partial charge on any atom is 0.180 e. The number of fused-ring (bicyclic) bond motifs is 3. The summed E-state index contributed by atoms with van der Waals surface area (Å²) in [6.45, 7) is 0. The van der Waals surface area contributed by atoms with E-state index in [1.54, 1.807) is 0 Å². The lowest BCUT2D eigenvalue weighted by Crippen LogP contribution is -2.75. The van der Waals surface area contributed by atoms with Crippen molar-refractivity contribution >= 4 is 50.6 Å². The minimum Gasteiger partial charge on any atom is -0.308 e. The van der Waals surface area contributed by atoms with Crippen molar-refractivity contribution in [3.63, 3.8) is 0 Å². The van der Waals surface area contributed by atoms with E-state index in [1.165, 1.54) is 15.6 Å². The summed E-state index contributed by atoms with van der Waals surface area (Å²) in [6, 6.07) is 66.1. The van der Waals surface area contributed by atoms with Crippen molar-refractivity contribution in [3.8, 4) is 29.0 Å². The Morgan fingerprint density at radius 2 is 0.958 bits per heavy atom. The van der Waals surface area contributed by atoms with Crippen LogP contribution in [0.2, 0.25) is 0 Å². The second-order valence-corrected chi connectivity index (χ2v) is 15.7. The van der Waals surface area contributed by atoms with Crippen LogP contribution in [0, 0.1) is 22.7 Å². The number of nitriles is 2. The molecule has 0 aliphatic carbocycles. The summed E-state index contributed by atoms with van der Waals surface area (Å²) in [5.41, 5.74) is 6.11. The van der Waals surface area contributed by atoms with Crippen LogP contribution in [0.15, 0.2) is 176 Å². The molecule has 0 radical (unpaired) electrons. The van der Waals surface area contributed by atoms with E-state index in [2.05, 4.69) is 168 Å². The quantitative estimate of drug-likeness (QED) is 0.141. The minimum absolute atomic E-state index is 0.584. The van der Waals surface area contributed by atoms with E-state index in [4.69, 9.17) is 0 Å². The third-order valence-electron chi connectivity index (χ3n) is 9.42. The smallest absolute Gasteiger partial charge is 0.180 e. The lowest BCUT2D eigenvalue weighted by atomic mass is 10.0. The SMILES string of the molecule is N#Cc1ccc(-c2ccc(-n3c4ccccc4c4ccccc43)c(C#N)c2)c([Si](c2ccccc2)(c2ccccc2)c2ccccc2)c1. The average molecular weight is 628 g/mol. The summed E-state index contributed by atoms with van der Waals surface area (Å²) < 4.78 is 2.20. The molecule has 0 saturated heterocycles. The van der Waals surface area contributed by atoms with Crippen molar-refractivity contribution in [3.05, 3.63) is 187 Å². The number of hydrogen-bond donors (Lipinski definition) is 0. The third kappa shape index (κ3) is 4.55. The van der Waals surface area contributed by atoms with Gasteiger partial charge in [-0.05, 0) is 68.3 Å². The van der Waals surface area contributed by atoms with Crippen molar-refractivity contribution in [2.75, 3.05) is 0 Å². The number of benzene rings is 7. The topological polar surface area (TPSA) is 52.5 Å². The number of para-hydroxylation sites is 2. The van der Waals surface area contributed by atoms with Crippen LogP contribution in [0.4, 0.5) is 0 Å². The molecule has 224 valence electrons. The van der Waals surface area contributed by atoms with Gasteiger partial charge in [0.05, 0.1) is 33.9 Å². The molecule has 0 unspecified atom stereocenters. The highest BCUT2D eigenvalue weighted by molar-refractivity contribution is 7.20. The van der Waals surface area contributed by atoms with Gasteiger partial charge in [-0.25, -0.2) is 0 Å². The van der Waals surface area contributed by atoms with Gasteiger partial charge < -0.3 is 4.57 Å². The third-order valence-corrected chi connectivity index (χ3v) is 14.2. The Morgan fingerprint density at radius 3 is 1.46 bits per heavy atom. The molecule has 7 aromatic carbocycles. The van der Waals surface area contributed by atoms with Gasteiger partial charge in [0.25, 0.3) is 0 Å². The fourth-order valence-electron chi connectivity index (χ4n) is 7.38. The monoisotopic (exact) mass is 627 g/mol. The van der Waals surface area contributed by atoms with Crippen LogP contribution in [0.5, 0.6) is 0 Å². The van der Waals surface area contributed by atoms with Crippen molar-refractivity contribution in [2.45, 2.75) is 0 Å². The molecular formula is C44H29N3Si. The number of hydrogen-bond acceptors (Lipinski definition) is 2. The predicted octanol–water partition coefficient (Wildman–Crippen LogP) is 7.57. The molecule has 0 amide bonds. The van der Waals surface area contributed by atoms with Crippen LogP contribution in [0.25, 0.3) is 38.6 Å². The van der Waals surface area contributed by atoms with Gasteiger partial charge in [0.1, 0.15) is 6.07 Å². The standard InChI is InChI=1S/C44H29N3Si/c45-30-32-24-26-38(33-25-27-41(34(29-33)31-46)47-42-22-12-10-20-39(42)40-21-11-13-23-43(40)47)44(28-32)48(35-14-4-1-5-15-35,36-16-6-2-7-17-36)37-18-8-3-9-19-37/h1-29H. The van der Waals surface area contributed by atoms with E-state index in [-0.39, 0.29) is 0 Å². The van der Waals surface area contributed by atoms with Crippen molar-refractivity contribution in [1.29, 1.82) is 10.5 Å². The lowest BCUT2D eigenvalue weighted by molar-refractivity contribution is 1.17. The van der Waals surface area contributed by atoms with Crippen molar-refractivity contribution < 1.29 is 0 Å². The predicted molar refractivity (Wildman–Crippen MR) is 199 cm³/mol. The first kappa shape index (κ1) is 29.0. The van der Waals surface area contributed by atoms with Crippen LogP contribution >= 0.6 is 0 Å². The van der Waals surface area contributed by atoms with E-state index < -0.39 is 8.07 Å². The van der Waals surface area contributed by atoms with Gasteiger partial charge in [-0.15, -0.1) is 0 Å². The first-order chi connectivity index (χ1) is 23.7. The average Bonchev–Trinajstić information content (AvgIpc) is 3.50. The molecule has 48 heavy (non-hydrogen) atoms. The Labute approximate surface area is 280 Å². The molecule has 1 heterocycles. The molecule has 8 rings (SSSR count). The summed E-state index contributed by atoms with van der Waals surface area (Å²) in [4.78, 5) is 0. The molecule has 0 aliphatic rings. The summed E-state index contributed by atoms with van der Waals surface area (Å²) in [7, 11) is -2.98. The van der Waals surface area contributed by atoms with E-state index in [1.807, 2.05) is 24.3 Å². The Hall–Kier alpha value is -6.46. The molecule has 0 spiro atoms. The van der Waals surface area contributed by atoms with Gasteiger partial charge in [-0.1, -0.05) is 140 Å². The molecule has 1 aromatic heterocycles. The van der Waals surface area contributed by atoms with Gasteiger partial charge >= 0.3 is 0 Å². The Balaban J connectivity index is 1.43. The summed E-state index contributed by atoms with van der Waals surface area (Å²) >= 11 is 0. The van der Waals surface area contributed by atoms with E-state index in [0.29, 0.717) is 11.1 Å². The van der Waals surface area contributed by atoms with E-state index in [9.17, 15) is 10.5 Å². The van der Waals surface area contributed by atoms with E-state index in [0.717, 1.165) is 43.8 Å². The molecule has 0 bridgehead atoms. The lowest BCUT2D eigenvalue weighted by Gasteiger charge is -2.36. The highest BCUT2D eigenvalue weighted by Gasteiger charge is 2.43. The zero-order valence-electron chi connectivity index (χ0n) is 26.1. The van der Waals surface area contributed by atoms with Gasteiger partial charge in [0, 0.05) is 10.8 Å². The van der Waals surface area contributed by atoms with Crippen LogP contribution in [0.1, 0.15) is 11.1 Å². The normalized spacial score (nSPS) is 11.3. The molecule has 0 atom stereocenters. The molecular weight excluding hydrogens is 599 g/mol. The van der Waals surface area contributed by atoms with E-state index >= 15 is 0 Å². The Morgan fingerprint density at radius 1 is 0.458 bits per heavy atom. The molecule has 8 aromatic rings. The first-order valence-corrected chi connectivity index (χ1v) is 18.0. The summed E-state index contributed by atoms with van der Waals surface area (Å²) in [6.07, 6.45) is 0. The Kier molecular flexibility index (Phi) is 7.27. The van der Waals surface area contributed by atoms with Crippen LogP contribution in [-0.4, -0.2) is 12.6 Å². The molecule has 0 saturated carbocycles. The fraction of sp³-hybridized carbons (Fsp3) is 0. The summed E-state index contributed by atoms with van der Waals surface area (Å²) in [5.74, 6) is 0. The van der Waals surface area contributed by atoms with Gasteiger partial charge in [-0.3, -0.25) is 0 Å². The fourth-order valence-corrected chi connectivity index (χ4v) is 12.4. The number of rotatable bonds is 6. The van der Waals surface area contributed by atoms with Crippen molar-refractivity contribution in [1.82, 2.24) is 4.57 Å². The summed E-state index contributed by atoms with van der Waals surface area (Å²) in [5, 5.41) is 28.0. The largest absolute Gasteiger partial charge is 0.308 e. The van der Waals surface area contributed by atoms with Gasteiger partial charge in [-0.2, -0.15) is 10.5 Å². The second-order valence-electron chi connectivity index (χ2n) is 11.9. The van der Waals surface area contributed by atoms with Gasteiger partial charge in [0.2, 0.25) is 0 Å². The Bertz CT molecular complexity index is 2370. The molecule has 0 aliphatic heterocycles.